The molecule has 2 heterocycles. The quantitative estimate of drug-likeness (QED) is 0.0645. The first-order valence-corrected chi connectivity index (χ1v) is 20.8. The molecule has 0 bridgehead atoms. The van der Waals surface area contributed by atoms with Gasteiger partial charge in [-0.2, -0.15) is 0 Å². The van der Waals surface area contributed by atoms with E-state index in [4.69, 9.17) is 4.74 Å². The van der Waals surface area contributed by atoms with Gasteiger partial charge >= 0.3 is 5.97 Å². The van der Waals surface area contributed by atoms with Gasteiger partial charge in [-0.25, -0.2) is 0 Å². The largest absolute Gasteiger partial charge is 0.466 e. The number of nitrogens with one attached hydrogen (secondary N) is 1. The highest BCUT2D eigenvalue weighted by Gasteiger charge is 2.25. The summed E-state index contributed by atoms with van der Waals surface area (Å²) in [6.45, 7) is 16.5. The zero-order valence-corrected chi connectivity index (χ0v) is 34.7. The third-order valence-electron chi connectivity index (χ3n) is 8.28. The molecular formula is C41H77N3O5S. The average molecular weight is 724 g/mol. The number of carbonyl (C=O) groups is 4. The van der Waals surface area contributed by atoms with Crippen LogP contribution in [0.15, 0.2) is 0 Å². The maximum absolute atomic E-state index is 12.6. The second-order valence-corrected chi connectivity index (χ2v) is 14.5. The summed E-state index contributed by atoms with van der Waals surface area (Å²) in [4.78, 5) is 51.4. The summed E-state index contributed by atoms with van der Waals surface area (Å²) in [5, 5.41) is 3.10. The summed E-state index contributed by atoms with van der Waals surface area (Å²) in [5.74, 6) is 0.333. The lowest BCUT2D eigenvalue weighted by Gasteiger charge is -2.22. The number of rotatable bonds is 24. The van der Waals surface area contributed by atoms with E-state index in [2.05, 4.69) is 57.0 Å². The van der Waals surface area contributed by atoms with Crippen molar-refractivity contribution in [3.63, 3.8) is 0 Å². The SMILES string of the molecule is CC.CCCCCC(C)=O.CCCCCCCCCCOC(=O)CCCCC=O.CCc1sc2c(c1C(=O)NCCCN(C)C)CCN(C)C2. The van der Waals surface area contributed by atoms with Gasteiger partial charge in [-0.05, 0) is 85.1 Å². The maximum atomic E-state index is 12.6. The highest BCUT2D eigenvalue weighted by atomic mass is 32.1. The van der Waals surface area contributed by atoms with Gasteiger partial charge in [-0.3, -0.25) is 9.59 Å². The Morgan fingerprint density at radius 3 is 2.04 bits per heavy atom. The summed E-state index contributed by atoms with van der Waals surface area (Å²) in [6, 6.07) is 0. The molecule has 0 unspecified atom stereocenters. The van der Waals surface area contributed by atoms with Crippen molar-refractivity contribution in [1.82, 2.24) is 15.1 Å². The molecule has 1 aromatic rings. The van der Waals surface area contributed by atoms with Crippen molar-refractivity contribution >= 4 is 35.3 Å². The molecule has 0 spiro atoms. The molecule has 1 aliphatic rings. The van der Waals surface area contributed by atoms with Crippen molar-refractivity contribution in [2.75, 3.05) is 47.4 Å². The fourth-order valence-electron chi connectivity index (χ4n) is 5.40. The Labute approximate surface area is 311 Å². The van der Waals surface area contributed by atoms with Crippen LogP contribution in [0.2, 0.25) is 0 Å². The lowest BCUT2D eigenvalue weighted by Crippen LogP contribution is -2.30. The van der Waals surface area contributed by atoms with Crippen LogP contribution in [0.1, 0.15) is 176 Å². The topological polar surface area (TPSA) is 96.0 Å². The van der Waals surface area contributed by atoms with Crippen molar-refractivity contribution in [1.29, 1.82) is 0 Å². The molecule has 0 atom stereocenters. The number of aldehydes is 1. The van der Waals surface area contributed by atoms with Crippen LogP contribution in [0.4, 0.5) is 0 Å². The number of esters is 1. The number of likely N-dealkylation sites (N-methyl/N-ethyl adjacent to an activating group) is 1. The second kappa shape index (κ2) is 35.3. The van der Waals surface area contributed by atoms with Crippen molar-refractivity contribution < 1.29 is 23.9 Å². The van der Waals surface area contributed by atoms with Gasteiger partial charge in [0.25, 0.3) is 5.91 Å². The van der Waals surface area contributed by atoms with Crippen molar-refractivity contribution in [3.8, 4) is 0 Å². The predicted molar refractivity (Wildman–Crippen MR) is 214 cm³/mol. The lowest BCUT2D eigenvalue weighted by atomic mass is 10.0. The van der Waals surface area contributed by atoms with E-state index in [1.165, 1.54) is 66.7 Å². The number of Topliss-reactive ketones (excluding diaryl/α,β-unsaturated/α-hetero) is 1. The number of hydrogen-bond acceptors (Lipinski definition) is 8. The van der Waals surface area contributed by atoms with E-state index in [1.54, 1.807) is 6.92 Å². The first-order chi connectivity index (χ1) is 24.1. The zero-order valence-electron chi connectivity index (χ0n) is 33.9. The van der Waals surface area contributed by atoms with Gasteiger partial charge in [0.2, 0.25) is 0 Å². The van der Waals surface area contributed by atoms with Crippen molar-refractivity contribution in [2.24, 2.45) is 0 Å². The summed E-state index contributed by atoms with van der Waals surface area (Å²) in [6.07, 6.45) is 20.7. The van der Waals surface area contributed by atoms with E-state index in [1.807, 2.05) is 25.2 Å². The molecule has 8 nitrogen and oxygen atoms in total. The van der Waals surface area contributed by atoms with E-state index in [0.717, 1.165) is 95.8 Å². The Morgan fingerprint density at radius 2 is 1.46 bits per heavy atom. The number of fused-ring (bicyclic) bond motifs is 1. The van der Waals surface area contributed by atoms with Crippen molar-refractivity contribution in [3.05, 3.63) is 20.9 Å². The van der Waals surface area contributed by atoms with Gasteiger partial charge in [-0.1, -0.05) is 92.4 Å². The standard InChI is InChI=1S/C16H27N3OS.C16H30O3.C7H14O.C2H6/c1-5-13-15(16(20)17-8-6-9-18(2)3)12-7-10-19(4)11-14(12)21-13;1-2-3-4-5-6-7-8-12-15-19-16(18)13-10-9-11-14-17;1-3-4-5-6-7(2)8;1-2/h5-11H2,1-4H3,(H,17,20);14H,2-13,15H2,1H3;3-6H2,1-2H3;1-2H3. The average Bonchev–Trinajstić information content (AvgIpc) is 3.47. The Hall–Kier alpha value is -2.10. The Balaban J connectivity index is 0. The number of amides is 1. The van der Waals surface area contributed by atoms with Crippen LogP contribution in [0.25, 0.3) is 0 Å². The zero-order chi connectivity index (χ0) is 38.0. The van der Waals surface area contributed by atoms with E-state index in [9.17, 15) is 19.2 Å². The molecule has 1 amide bonds. The summed E-state index contributed by atoms with van der Waals surface area (Å²) >= 11 is 1.83. The summed E-state index contributed by atoms with van der Waals surface area (Å²) in [7, 11) is 6.26. The Kier molecular flexibility index (Phi) is 35.3. The molecule has 0 fully saturated rings. The normalized spacial score (nSPS) is 12.0. The van der Waals surface area contributed by atoms with E-state index < -0.39 is 0 Å². The summed E-state index contributed by atoms with van der Waals surface area (Å²) in [5.41, 5.74) is 2.29. The van der Waals surface area contributed by atoms with Crippen LogP contribution in [0.5, 0.6) is 0 Å². The van der Waals surface area contributed by atoms with Crippen LogP contribution in [0, 0.1) is 0 Å². The second-order valence-electron chi connectivity index (χ2n) is 13.3. The molecule has 9 heteroatoms. The molecule has 2 rings (SSSR count). The molecule has 292 valence electrons. The third kappa shape index (κ3) is 27.6. The minimum atomic E-state index is -0.117. The van der Waals surface area contributed by atoms with Gasteiger partial charge in [0.15, 0.2) is 0 Å². The molecule has 0 aliphatic carbocycles. The van der Waals surface area contributed by atoms with E-state index >= 15 is 0 Å². The Bertz CT molecular complexity index is 995. The van der Waals surface area contributed by atoms with Crippen LogP contribution in [-0.4, -0.2) is 81.1 Å². The van der Waals surface area contributed by atoms with Crippen molar-refractivity contribution in [2.45, 2.75) is 170 Å². The summed E-state index contributed by atoms with van der Waals surface area (Å²) < 4.78 is 5.14. The monoisotopic (exact) mass is 724 g/mol. The number of hydrogen-bond donors (Lipinski definition) is 1. The number of carbonyl (C=O) groups excluding carboxylic acids is 4. The van der Waals surface area contributed by atoms with Crippen LogP contribution in [-0.2, 0) is 38.5 Å². The molecular weight excluding hydrogens is 647 g/mol. The fraction of sp³-hybridized carbons (Fsp3) is 0.805. The number of ketones is 1. The first-order valence-electron chi connectivity index (χ1n) is 19.9. The predicted octanol–water partition coefficient (Wildman–Crippen LogP) is 9.59. The molecule has 0 saturated heterocycles. The number of unbranched alkanes of at least 4 members (excludes halogenated alkanes) is 11. The molecule has 1 N–H and O–H groups in total. The van der Waals surface area contributed by atoms with Crippen LogP contribution in [0.3, 0.4) is 0 Å². The molecule has 0 aromatic carbocycles. The number of nitrogens with zero attached hydrogens (tertiary/aromatic N) is 2. The fourth-order valence-corrected chi connectivity index (χ4v) is 6.77. The van der Waals surface area contributed by atoms with Gasteiger partial charge in [0.1, 0.15) is 12.1 Å². The molecule has 0 saturated carbocycles. The molecule has 0 radical (unpaired) electrons. The minimum Gasteiger partial charge on any atom is -0.466 e. The molecule has 1 aromatic heterocycles. The number of aryl methyl sites for hydroxylation is 1. The Morgan fingerprint density at radius 1 is 0.860 bits per heavy atom. The van der Waals surface area contributed by atoms with Crippen LogP contribution < -0.4 is 5.32 Å². The van der Waals surface area contributed by atoms with Gasteiger partial charge in [0, 0.05) is 48.7 Å². The smallest absolute Gasteiger partial charge is 0.305 e. The molecule has 1 aliphatic heterocycles. The lowest BCUT2D eigenvalue weighted by molar-refractivity contribution is -0.144. The maximum Gasteiger partial charge on any atom is 0.305 e. The third-order valence-corrected chi connectivity index (χ3v) is 9.64. The number of thiophene rings is 1. The highest BCUT2D eigenvalue weighted by Crippen LogP contribution is 2.33. The van der Waals surface area contributed by atoms with Gasteiger partial charge < -0.3 is 29.4 Å². The highest BCUT2D eigenvalue weighted by molar-refractivity contribution is 7.12. The minimum absolute atomic E-state index is 0.117. The molecule has 50 heavy (non-hydrogen) atoms. The van der Waals surface area contributed by atoms with E-state index in [0.29, 0.717) is 25.2 Å². The van der Waals surface area contributed by atoms with Crippen LogP contribution >= 0.6 is 11.3 Å². The van der Waals surface area contributed by atoms with Gasteiger partial charge in [0.05, 0.1) is 12.2 Å². The van der Waals surface area contributed by atoms with Gasteiger partial charge in [-0.15, -0.1) is 11.3 Å². The first kappa shape index (κ1) is 50.0. The van der Waals surface area contributed by atoms with E-state index in [-0.39, 0.29) is 11.9 Å². The number of ether oxygens (including phenoxy) is 1.